The maximum Gasteiger partial charge on any atom is 0.115 e. The third kappa shape index (κ3) is 1.91. The number of phenolic OH excluding ortho intramolecular Hbond substituents is 1. The van der Waals surface area contributed by atoms with E-state index >= 15 is 0 Å². The summed E-state index contributed by atoms with van der Waals surface area (Å²) in [6, 6.07) is 6.02. The zero-order valence-electron chi connectivity index (χ0n) is 14.4. The number of aromatic hydroxyl groups is 1. The lowest BCUT2D eigenvalue weighted by Crippen LogP contribution is -2.44. The molecule has 7 atom stereocenters. The van der Waals surface area contributed by atoms with E-state index in [2.05, 4.69) is 13.0 Å². The maximum absolute atomic E-state index is 9.80. The number of fused-ring (bicyclic) bond motifs is 7. The molecule has 1 aromatic rings. The van der Waals surface area contributed by atoms with Crippen molar-refractivity contribution < 1.29 is 14.9 Å². The smallest absolute Gasteiger partial charge is 0.115 e. The average molecular weight is 328 g/mol. The second-order valence-electron chi connectivity index (χ2n) is 8.94. The highest BCUT2D eigenvalue weighted by Crippen LogP contribution is 2.65. The van der Waals surface area contributed by atoms with Crippen molar-refractivity contribution in [1.29, 1.82) is 0 Å². The second kappa shape index (κ2) is 5.22. The fourth-order valence-corrected chi connectivity index (χ4v) is 6.91. The summed E-state index contributed by atoms with van der Waals surface area (Å²) >= 11 is 0. The average Bonchev–Trinajstić information content (AvgIpc) is 3.12. The van der Waals surface area contributed by atoms with Crippen molar-refractivity contribution in [3.05, 3.63) is 29.3 Å². The molecule has 130 valence electrons. The van der Waals surface area contributed by atoms with Crippen molar-refractivity contribution in [2.24, 2.45) is 29.1 Å². The van der Waals surface area contributed by atoms with Crippen molar-refractivity contribution in [3.63, 3.8) is 0 Å². The molecule has 1 saturated heterocycles. The molecule has 0 aromatic heterocycles. The molecule has 0 amide bonds. The van der Waals surface area contributed by atoms with Gasteiger partial charge in [-0.1, -0.05) is 13.0 Å². The van der Waals surface area contributed by atoms with Crippen molar-refractivity contribution in [1.82, 2.24) is 0 Å². The third-order valence-electron chi connectivity index (χ3n) is 8.04. The SMILES string of the molecule is C[C@]12CC[C@@H]3c4ccc(O)cc4CC[C@H]3[C@@H]1C[C@@H]1[C@H](CO)CO[C@@H]12. The van der Waals surface area contributed by atoms with E-state index in [1.165, 1.54) is 36.8 Å². The number of hydrogen-bond acceptors (Lipinski definition) is 3. The number of phenols is 1. The number of ether oxygens (including phenoxy) is 1. The first-order valence-electron chi connectivity index (χ1n) is 9.66. The molecular formula is C21H28O3. The summed E-state index contributed by atoms with van der Waals surface area (Å²) < 4.78 is 6.22. The molecule has 1 aromatic carbocycles. The zero-order valence-corrected chi connectivity index (χ0v) is 14.4. The summed E-state index contributed by atoms with van der Waals surface area (Å²) in [4.78, 5) is 0. The molecule has 1 aliphatic heterocycles. The van der Waals surface area contributed by atoms with E-state index in [-0.39, 0.29) is 6.61 Å². The van der Waals surface area contributed by atoms with Crippen molar-refractivity contribution >= 4 is 0 Å². The Bertz CT molecular complexity index is 656. The first-order chi connectivity index (χ1) is 11.6. The largest absolute Gasteiger partial charge is 0.508 e. The number of hydrogen-bond donors (Lipinski definition) is 2. The molecule has 2 saturated carbocycles. The molecule has 0 bridgehead atoms. The first-order valence-corrected chi connectivity index (χ1v) is 9.66. The lowest BCUT2D eigenvalue weighted by molar-refractivity contribution is -0.0485. The lowest BCUT2D eigenvalue weighted by atomic mass is 9.55. The van der Waals surface area contributed by atoms with Gasteiger partial charge in [0.25, 0.3) is 0 Å². The molecule has 2 N–H and O–H groups in total. The highest BCUT2D eigenvalue weighted by molar-refractivity contribution is 5.40. The number of aliphatic hydroxyl groups is 1. The predicted octanol–water partition coefficient (Wildman–Crippen LogP) is 3.48. The van der Waals surface area contributed by atoms with Gasteiger partial charge in [-0.25, -0.2) is 0 Å². The van der Waals surface area contributed by atoms with Crippen LogP contribution in [0.3, 0.4) is 0 Å². The molecule has 0 radical (unpaired) electrons. The molecule has 0 unspecified atom stereocenters. The Hall–Kier alpha value is -1.06. The Labute approximate surface area is 144 Å². The molecule has 3 nitrogen and oxygen atoms in total. The van der Waals surface area contributed by atoms with Crippen LogP contribution in [-0.2, 0) is 11.2 Å². The van der Waals surface area contributed by atoms with Crippen LogP contribution >= 0.6 is 0 Å². The van der Waals surface area contributed by atoms with Gasteiger partial charge in [0.2, 0.25) is 0 Å². The van der Waals surface area contributed by atoms with Gasteiger partial charge in [0.1, 0.15) is 5.75 Å². The van der Waals surface area contributed by atoms with Gasteiger partial charge in [0.05, 0.1) is 12.7 Å². The van der Waals surface area contributed by atoms with Crippen LogP contribution in [0.1, 0.15) is 49.7 Å². The van der Waals surface area contributed by atoms with Crippen LogP contribution in [0.2, 0.25) is 0 Å². The summed E-state index contributed by atoms with van der Waals surface area (Å²) in [5.41, 5.74) is 3.15. The van der Waals surface area contributed by atoms with Gasteiger partial charge in [-0.2, -0.15) is 0 Å². The summed E-state index contributed by atoms with van der Waals surface area (Å²) in [6.07, 6.45) is 6.41. The van der Waals surface area contributed by atoms with Crippen LogP contribution in [0, 0.1) is 29.1 Å². The van der Waals surface area contributed by atoms with E-state index in [1.807, 2.05) is 12.1 Å². The normalized spacial score (nSPS) is 46.1. The topological polar surface area (TPSA) is 49.7 Å². The van der Waals surface area contributed by atoms with E-state index in [9.17, 15) is 10.2 Å². The van der Waals surface area contributed by atoms with Gasteiger partial charge >= 0.3 is 0 Å². The molecular weight excluding hydrogens is 300 g/mol. The number of aliphatic hydroxyl groups excluding tert-OH is 1. The molecule has 3 fully saturated rings. The second-order valence-corrected chi connectivity index (χ2v) is 8.94. The quantitative estimate of drug-likeness (QED) is 0.830. The summed E-state index contributed by atoms with van der Waals surface area (Å²) in [5.74, 6) is 3.44. The van der Waals surface area contributed by atoms with Gasteiger partial charge in [0.15, 0.2) is 0 Å². The lowest BCUT2D eigenvalue weighted by Gasteiger charge is -2.50. The Morgan fingerprint density at radius 1 is 1.25 bits per heavy atom. The van der Waals surface area contributed by atoms with Gasteiger partial charge < -0.3 is 14.9 Å². The summed E-state index contributed by atoms with van der Waals surface area (Å²) in [6.45, 7) is 3.50. The Morgan fingerprint density at radius 2 is 2.12 bits per heavy atom. The van der Waals surface area contributed by atoms with Crippen molar-refractivity contribution in [3.8, 4) is 5.75 Å². The maximum atomic E-state index is 9.80. The van der Waals surface area contributed by atoms with Crippen LogP contribution in [0.25, 0.3) is 0 Å². The van der Waals surface area contributed by atoms with Gasteiger partial charge in [-0.3, -0.25) is 0 Å². The first kappa shape index (κ1) is 15.2. The van der Waals surface area contributed by atoms with Gasteiger partial charge in [-0.05, 0) is 84.5 Å². The molecule has 3 aliphatic carbocycles. The Balaban J connectivity index is 1.49. The van der Waals surface area contributed by atoms with Crippen LogP contribution in [0.5, 0.6) is 5.75 Å². The molecule has 0 spiro atoms. The fourth-order valence-electron chi connectivity index (χ4n) is 6.91. The summed E-state index contributed by atoms with van der Waals surface area (Å²) in [7, 11) is 0. The predicted molar refractivity (Wildman–Crippen MR) is 91.9 cm³/mol. The standard InChI is InChI=1S/C21H28O3/c1-21-7-6-16-15-5-3-14(23)8-12(15)2-4-17(16)19(21)9-18-13(10-22)11-24-20(18)21/h3,5,8,13,16-20,22-23H,2,4,6-7,9-11H2,1H3/t13-,16-,17-,18-,19+,20+,21+/m1/s1. The molecule has 4 aliphatic rings. The minimum atomic E-state index is 0.278. The van der Waals surface area contributed by atoms with Crippen LogP contribution in [-0.4, -0.2) is 29.5 Å². The Kier molecular flexibility index (Phi) is 3.31. The van der Waals surface area contributed by atoms with Crippen molar-refractivity contribution in [2.45, 2.75) is 51.0 Å². The minimum Gasteiger partial charge on any atom is -0.508 e. The zero-order chi connectivity index (χ0) is 16.5. The van der Waals surface area contributed by atoms with Crippen LogP contribution in [0.15, 0.2) is 18.2 Å². The summed E-state index contributed by atoms with van der Waals surface area (Å²) in [5, 5.41) is 19.5. The number of aryl methyl sites for hydroxylation is 1. The number of rotatable bonds is 1. The molecule has 5 rings (SSSR count). The van der Waals surface area contributed by atoms with E-state index in [0.717, 1.165) is 24.9 Å². The van der Waals surface area contributed by atoms with Crippen molar-refractivity contribution in [2.75, 3.05) is 13.2 Å². The van der Waals surface area contributed by atoms with E-state index in [4.69, 9.17) is 4.74 Å². The fraction of sp³-hybridized carbons (Fsp3) is 0.714. The highest BCUT2D eigenvalue weighted by Gasteiger charge is 2.61. The molecule has 3 heteroatoms. The molecule has 1 heterocycles. The van der Waals surface area contributed by atoms with Crippen LogP contribution < -0.4 is 0 Å². The van der Waals surface area contributed by atoms with Gasteiger partial charge in [0, 0.05) is 12.5 Å². The molecule has 24 heavy (non-hydrogen) atoms. The number of benzene rings is 1. The monoisotopic (exact) mass is 328 g/mol. The minimum absolute atomic E-state index is 0.278. The Morgan fingerprint density at radius 3 is 2.96 bits per heavy atom. The van der Waals surface area contributed by atoms with Crippen LogP contribution in [0.4, 0.5) is 0 Å². The van der Waals surface area contributed by atoms with Gasteiger partial charge in [-0.15, -0.1) is 0 Å². The third-order valence-corrected chi connectivity index (χ3v) is 8.04. The highest BCUT2D eigenvalue weighted by atomic mass is 16.5. The van der Waals surface area contributed by atoms with E-state index in [0.29, 0.717) is 35.0 Å². The van der Waals surface area contributed by atoms with E-state index < -0.39 is 0 Å². The van der Waals surface area contributed by atoms with E-state index in [1.54, 1.807) is 0 Å².